The van der Waals surface area contributed by atoms with Gasteiger partial charge in [-0.05, 0) is 52.5 Å². The van der Waals surface area contributed by atoms with E-state index in [1.54, 1.807) is 0 Å². The number of ether oxygens (including phenoxy) is 1. The summed E-state index contributed by atoms with van der Waals surface area (Å²) in [7, 11) is 0. The number of carbonyl (C=O) groups excluding carboxylic acids is 1. The molecule has 104 valence electrons. The molecule has 0 amide bonds. The van der Waals surface area contributed by atoms with Crippen LogP contribution in [-0.2, 0) is 9.53 Å². The molecule has 1 aliphatic rings. The highest BCUT2D eigenvalue weighted by Gasteiger charge is 2.29. The number of aryl methyl sites for hydroxylation is 2. The Labute approximate surface area is 114 Å². The highest BCUT2D eigenvalue weighted by molar-refractivity contribution is 5.72. The van der Waals surface area contributed by atoms with Crippen LogP contribution in [0, 0.1) is 19.8 Å². The second kappa shape index (κ2) is 6.13. The van der Waals surface area contributed by atoms with E-state index in [1.807, 2.05) is 26.8 Å². The molecule has 1 saturated carbocycles. The van der Waals surface area contributed by atoms with Crippen molar-refractivity contribution in [3.05, 3.63) is 23.3 Å². The Morgan fingerprint density at radius 1 is 1.21 bits per heavy atom. The van der Waals surface area contributed by atoms with E-state index in [-0.39, 0.29) is 11.9 Å². The summed E-state index contributed by atoms with van der Waals surface area (Å²) >= 11 is 0. The topological polar surface area (TPSA) is 52.1 Å². The molecule has 1 aromatic heterocycles. The molecular formula is C15H22N2O2. The summed E-state index contributed by atoms with van der Waals surface area (Å²) in [5.74, 6) is 1.37. The smallest absolute Gasteiger partial charge is 0.308 e. The van der Waals surface area contributed by atoms with Gasteiger partial charge in [0, 0.05) is 17.3 Å². The maximum atomic E-state index is 11.7. The van der Waals surface area contributed by atoms with Gasteiger partial charge in [-0.15, -0.1) is 0 Å². The second-order valence-electron chi connectivity index (χ2n) is 5.31. The van der Waals surface area contributed by atoms with Gasteiger partial charge in [-0.2, -0.15) is 0 Å². The Bertz CT molecular complexity index is 431. The van der Waals surface area contributed by atoms with Crippen molar-refractivity contribution in [3.8, 4) is 0 Å². The fraction of sp³-hybridized carbons (Fsp3) is 0.667. The first-order valence-corrected chi connectivity index (χ1v) is 7.09. The summed E-state index contributed by atoms with van der Waals surface area (Å²) in [6, 6.07) is 1.99. The largest absolute Gasteiger partial charge is 0.466 e. The average Bonchev–Trinajstić information content (AvgIpc) is 2.38. The molecule has 0 bridgehead atoms. The monoisotopic (exact) mass is 262 g/mol. The molecule has 1 fully saturated rings. The zero-order valence-electron chi connectivity index (χ0n) is 12.0. The zero-order valence-corrected chi connectivity index (χ0v) is 12.0. The van der Waals surface area contributed by atoms with Crippen molar-refractivity contribution in [1.82, 2.24) is 9.97 Å². The van der Waals surface area contributed by atoms with E-state index in [1.165, 1.54) is 0 Å². The Balaban J connectivity index is 1.97. The van der Waals surface area contributed by atoms with Crippen LogP contribution in [-0.4, -0.2) is 22.5 Å². The lowest BCUT2D eigenvalue weighted by molar-refractivity contribution is -0.149. The quantitative estimate of drug-likeness (QED) is 0.786. The van der Waals surface area contributed by atoms with E-state index in [2.05, 4.69) is 9.97 Å². The lowest BCUT2D eigenvalue weighted by Crippen LogP contribution is -2.24. The van der Waals surface area contributed by atoms with Crippen LogP contribution in [0.3, 0.4) is 0 Å². The zero-order chi connectivity index (χ0) is 13.8. The van der Waals surface area contributed by atoms with Crippen LogP contribution in [0.1, 0.15) is 55.7 Å². The van der Waals surface area contributed by atoms with Crippen LogP contribution < -0.4 is 0 Å². The lowest BCUT2D eigenvalue weighted by atomic mass is 9.81. The van der Waals surface area contributed by atoms with E-state index in [0.717, 1.165) is 42.9 Å². The molecule has 4 nitrogen and oxygen atoms in total. The number of hydrogen-bond acceptors (Lipinski definition) is 4. The van der Waals surface area contributed by atoms with Crippen LogP contribution >= 0.6 is 0 Å². The van der Waals surface area contributed by atoms with Crippen molar-refractivity contribution in [3.63, 3.8) is 0 Å². The van der Waals surface area contributed by atoms with Gasteiger partial charge in [-0.1, -0.05) is 0 Å². The number of nitrogens with zero attached hydrogens (tertiary/aromatic N) is 2. The SMILES string of the molecule is CCOC(=O)C1CCC(c2nc(C)cc(C)n2)CC1. The average molecular weight is 262 g/mol. The maximum Gasteiger partial charge on any atom is 0.308 e. The summed E-state index contributed by atoms with van der Waals surface area (Å²) in [6.45, 7) is 6.33. The standard InChI is InChI=1S/C15H22N2O2/c1-4-19-15(18)13-7-5-12(6-8-13)14-16-10(2)9-11(3)17-14/h9,12-13H,4-8H2,1-3H3. The number of aromatic nitrogens is 2. The Morgan fingerprint density at radius 2 is 1.79 bits per heavy atom. The Hall–Kier alpha value is -1.45. The van der Waals surface area contributed by atoms with E-state index in [0.29, 0.717) is 12.5 Å². The minimum atomic E-state index is -0.0395. The van der Waals surface area contributed by atoms with Gasteiger partial charge in [0.1, 0.15) is 5.82 Å². The van der Waals surface area contributed by atoms with Gasteiger partial charge in [0.15, 0.2) is 0 Å². The molecule has 0 atom stereocenters. The summed E-state index contributed by atoms with van der Waals surface area (Å²) in [5.41, 5.74) is 2.05. The number of esters is 1. The summed E-state index contributed by atoms with van der Waals surface area (Å²) in [6.07, 6.45) is 3.73. The van der Waals surface area contributed by atoms with Gasteiger partial charge in [0.2, 0.25) is 0 Å². The first-order valence-electron chi connectivity index (χ1n) is 7.09. The van der Waals surface area contributed by atoms with E-state index < -0.39 is 0 Å². The van der Waals surface area contributed by atoms with Crippen molar-refractivity contribution in [2.75, 3.05) is 6.61 Å². The molecule has 0 spiro atoms. The van der Waals surface area contributed by atoms with Gasteiger partial charge in [-0.3, -0.25) is 4.79 Å². The van der Waals surface area contributed by atoms with E-state index in [4.69, 9.17) is 4.74 Å². The summed E-state index contributed by atoms with van der Waals surface area (Å²) in [5, 5.41) is 0. The van der Waals surface area contributed by atoms with E-state index in [9.17, 15) is 4.79 Å². The third-order valence-electron chi connectivity index (χ3n) is 3.71. The number of rotatable bonds is 3. The molecule has 1 aromatic rings. The molecule has 1 heterocycles. The highest BCUT2D eigenvalue weighted by Crippen LogP contribution is 2.34. The van der Waals surface area contributed by atoms with Crippen molar-refractivity contribution in [1.29, 1.82) is 0 Å². The molecular weight excluding hydrogens is 240 g/mol. The van der Waals surface area contributed by atoms with Gasteiger partial charge < -0.3 is 4.74 Å². The van der Waals surface area contributed by atoms with Crippen molar-refractivity contribution in [2.45, 2.75) is 52.4 Å². The third kappa shape index (κ3) is 3.52. The summed E-state index contributed by atoms with van der Waals surface area (Å²) < 4.78 is 5.09. The molecule has 0 N–H and O–H groups in total. The van der Waals surface area contributed by atoms with Gasteiger partial charge in [0.25, 0.3) is 0 Å². The van der Waals surface area contributed by atoms with E-state index >= 15 is 0 Å². The molecule has 0 unspecified atom stereocenters. The van der Waals surface area contributed by atoms with Crippen molar-refractivity contribution < 1.29 is 9.53 Å². The third-order valence-corrected chi connectivity index (χ3v) is 3.71. The molecule has 4 heteroatoms. The van der Waals surface area contributed by atoms with Crippen molar-refractivity contribution >= 4 is 5.97 Å². The van der Waals surface area contributed by atoms with Crippen molar-refractivity contribution in [2.24, 2.45) is 5.92 Å². The molecule has 0 radical (unpaired) electrons. The Morgan fingerprint density at radius 3 is 2.32 bits per heavy atom. The number of hydrogen-bond donors (Lipinski definition) is 0. The predicted molar refractivity (Wildman–Crippen MR) is 72.8 cm³/mol. The molecule has 0 aliphatic heterocycles. The van der Waals surface area contributed by atoms with Gasteiger partial charge in [0.05, 0.1) is 12.5 Å². The molecule has 0 saturated heterocycles. The molecule has 2 rings (SSSR count). The number of carbonyl (C=O) groups is 1. The molecule has 0 aromatic carbocycles. The highest BCUT2D eigenvalue weighted by atomic mass is 16.5. The second-order valence-corrected chi connectivity index (χ2v) is 5.31. The van der Waals surface area contributed by atoms with Gasteiger partial charge in [-0.25, -0.2) is 9.97 Å². The van der Waals surface area contributed by atoms with Crippen LogP contribution in [0.2, 0.25) is 0 Å². The normalized spacial score (nSPS) is 23.1. The predicted octanol–water partition coefficient (Wildman–Crippen LogP) is 2.93. The molecule has 1 aliphatic carbocycles. The van der Waals surface area contributed by atoms with Crippen LogP contribution in [0.25, 0.3) is 0 Å². The van der Waals surface area contributed by atoms with Crippen LogP contribution in [0.4, 0.5) is 0 Å². The fourth-order valence-corrected chi connectivity index (χ4v) is 2.78. The minimum absolute atomic E-state index is 0.0395. The van der Waals surface area contributed by atoms with Crippen LogP contribution in [0.15, 0.2) is 6.07 Å². The minimum Gasteiger partial charge on any atom is -0.466 e. The van der Waals surface area contributed by atoms with Gasteiger partial charge >= 0.3 is 5.97 Å². The Kier molecular flexibility index (Phi) is 4.51. The maximum absolute atomic E-state index is 11.7. The fourth-order valence-electron chi connectivity index (χ4n) is 2.78. The molecule has 19 heavy (non-hydrogen) atoms. The summed E-state index contributed by atoms with van der Waals surface area (Å²) in [4.78, 5) is 20.8. The lowest BCUT2D eigenvalue weighted by Gasteiger charge is -2.26. The van der Waals surface area contributed by atoms with Crippen LogP contribution in [0.5, 0.6) is 0 Å². The first kappa shape index (κ1) is 14.0. The first-order chi connectivity index (χ1) is 9.10.